The van der Waals surface area contributed by atoms with Gasteiger partial charge in [0.05, 0.1) is 11.0 Å². The maximum Gasteiger partial charge on any atom is 0.333 e. The first-order valence-corrected chi connectivity index (χ1v) is 20.6. The van der Waals surface area contributed by atoms with E-state index >= 15 is 0 Å². The Morgan fingerprint density at radius 1 is 0.431 bits per heavy atom. The van der Waals surface area contributed by atoms with Gasteiger partial charge in [0.2, 0.25) is 0 Å². The van der Waals surface area contributed by atoms with Crippen LogP contribution in [0.15, 0.2) is 146 Å². The molecular formula is C55H39BN2. The molecule has 0 unspecified atom stereocenters. The minimum absolute atomic E-state index is 0.00154. The Labute approximate surface area is 338 Å². The molecule has 0 bridgehead atoms. The van der Waals surface area contributed by atoms with Gasteiger partial charge in [-0.2, -0.15) is 0 Å². The minimum atomic E-state index is -0.00154. The molecule has 0 spiro atoms. The van der Waals surface area contributed by atoms with Gasteiger partial charge in [-0.15, -0.1) is 0 Å². The molecule has 0 amide bonds. The van der Waals surface area contributed by atoms with E-state index in [0.29, 0.717) is 0 Å². The first-order chi connectivity index (χ1) is 28.4. The van der Waals surface area contributed by atoms with Gasteiger partial charge in [0, 0.05) is 43.8 Å². The number of nitrogens with zero attached hydrogens (tertiary/aromatic N) is 2. The Kier molecular flexibility index (Phi) is 6.22. The van der Waals surface area contributed by atoms with Gasteiger partial charge in [-0.1, -0.05) is 109 Å². The molecule has 2 aromatic heterocycles. The SMILES string of the molecule is Cc1cccc(C)c1-c1ccc2c(c1)c1cc(-c3c(C)cccc3C)cc3c1n2B1c2c(cc(-c4ccccc4)c(C)c2-3)-n2c3cccc4ccc5ccc1c2c5c43. The number of hydrogen-bond acceptors (Lipinski definition) is 0. The number of hydrogen-bond donors (Lipinski definition) is 0. The van der Waals surface area contributed by atoms with E-state index in [-0.39, 0.29) is 6.85 Å². The van der Waals surface area contributed by atoms with Crippen molar-refractivity contribution in [2.75, 3.05) is 0 Å². The van der Waals surface area contributed by atoms with Crippen molar-refractivity contribution in [3.8, 4) is 50.2 Å². The Morgan fingerprint density at radius 3 is 1.83 bits per heavy atom. The van der Waals surface area contributed by atoms with Gasteiger partial charge in [0.15, 0.2) is 0 Å². The van der Waals surface area contributed by atoms with Crippen LogP contribution in [-0.4, -0.2) is 15.9 Å². The molecule has 2 nitrogen and oxygen atoms in total. The zero-order valence-corrected chi connectivity index (χ0v) is 33.3. The van der Waals surface area contributed by atoms with E-state index in [1.807, 2.05) is 0 Å². The summed E-state index contributed by atoms with van der Waals surface area (Å²) in [6.45, 7) is 11.4. The summed E-state index contributed by atoms with van der Waals surface area (Å²) in [6.07, 6.45) is 0. The van der Waals surface area contributed by atoms with Crippen LogP contribution in [0, 0.1) is 34.6 Å². The summed E-state index contributed by atoms with van der Waals surface area (Å²) in [5, 5.41) is 7.97. The highest BCUT2D eigenvalue weighted by atomic mass is 15.0. The van der Waals surface area contributed by atoms with Crippen LogP contribution in [0.3, 0.4) is 0 Å². The quantitative estimate of drug-likeness (QED) is 0.126. The molecule has 3 heteroatoms. The highest BCUT2D eigenvalue weighted by Gasteiger charge is 2.43. The summed E-state index contributed by atoms with van der Waals surface area (Å²) in [6, 6.07) is 55.6. The Morgan fingerprint density at radius 2 is 1.09 bits per heavy atom. The van der Waals surface area contributed by atoms with Gasteiger partial charge >= 0.3 is 6.85 Å². The third kappa shape index (κ3) is 3.94. The van der Waals surface area contributed by atoms with Crippen LogP contribution in [-0.2, 0) is 0 Å². The Bertz CT molecular complexity index is 3580. The summed E-state index contributed by atoms with van der Waals surface area (Å²) in [5.41, 5.74) is 26.3. The molecule has 272 valence electrons. The van der Waals surface area contributed by atoms with Crippen molar-refractivity contribution in [1.29, 1.82) is 0 Å². The van der Waals surface area contributed by atoms with Gasteiger partial charge in [-0.3, -0.25) is 0 Å². The van der Waals surface area contributed by atoms with Crippen molar-refractivity contribution in [2.24, 2.45) is 0 Å². The first kappa shape index (κ1) is 32.3. The number of fused-ring (bicyclic) bond motifs is 8. The molecule has 0 saturated heterocycles. The predicted molar refractivity (Wildman–Crippen MR) is 248 cm³/mol. The summed E-state index contributed by atoms with van der Waals surface area (Å²) in [5.74, 6) is 0. The molecule has 0 saturated carbocycles. The van der Waals surface area contributed by atoms with Gasteiger partial charge < -0.3 is 9.05 Å². The average molecular weight is 739 g/mol. The molecule has 2 aliphatic heterocycles. The second kappa shape index (κ2) is 11.2. The van der Waals surface area contributed by atoms with Crippen LogP contribution in [0.25, 0.3) is 105 Å². The van der Waals surface area contributed by atoms with Crippen molar-refractivity contribution >= 4 is 72.2 Å². The number of aromatic nitrogens is 2. The molecule has 0 aliphatic carbocycles. The second-order valence-corrected chi connectivity index (χ2v) is 17.1. The summed E-state index contributed by atoms with van der Waals surface area (Å²) in [4.78, 5) is 0. The molecule has 13 rings (SSSR count). The number of benzene rings is 9. The topological polar surface area (TPSA) is 9.86 Å². The second-order valence-electron chi connectivity index (χ2n) is 17.1. The monoisotopic (exact) mass is 738 g/mol. The largest absolute Gasteiger partial charge is 0.375 e. The molecular weight excluding hydrogens is 699 g/mol. The standard InChI is InChI=1S/C55H39BN2/c1-30-12-9-13-31(2)48(30)38-23-25-45-41(26-38)42-27-39(49-32(3)14-10-15-33(49)4)28-43-50-34(5)40(35-16-7-6-8-17-35)29-47-53(50)56(58(45)54(42)43)44-24-22-37-21-20-36-18-11-19-46-51(36)52(37)55(44)57(46)47/h6-29H,1-5H3. The smallest absolute Gasteiger partial charge is 0.333 e. The van der Waals surface area contributed by atoms with Crippen molar-refractivity contribution < 1.29 is 0 Å². The van der Waals surface area contributed by atoms with Crippen LogP contribution in [0.1, 0.15) is 27.8 Å². The lowest BCUT2D eigenvalue weighted by molar-refractivity contribution is 1.17. The highest BCUT2D eigenvalue weighted by molar-refractivity contribution is 6.90. The van der Waals surface area contributed by atoms with Crippen molar-refractivity contribution in [3.05, 3.63) is 173 Å². The van der Waals surface area contributed by atoms with Crippen molar-refractivity contribution in [2.45, 2.75) is 34.6 Å². The van der Waals surface area contributed by atoms with Gasteiger partial charge in [-0.05, 0) is 159 Å². The average Bonchev–Trinajstić information content (AvgIpc) is 3.76. The summed E-state index contributed by atoms with van der Waals surface area (Å²) in [7, 11) is 0. The van der Waals surface area contributed by atoms with Crippen molar-refractivity contribution in [1.82, 2.24) is 9.05 Å². The molecule has 9 aromatic carbocycles. The van der Waals surface area contributed by atoms with Crippen LogP contribution in [0.2, 0.25) is 0 Å². The summed E-state index contributed by atoms with van der Waals surface area (Å²) < 4.78 is 5.36. The van der Waals surface area contributed by atoms with E-state index < -0.39 is 0 Å². The van der Waals surface area contributed by atoms with Crippen LogP contribution >= 0.6 is 0 Å². The fourth-order valence-electron chi connectivity index (χ4n) is 11.6. The minimum Gasteiger partial charge on any atom is -0.375 e. The fraction of sp³-hybridized carbons (Fsp3) is 0.0909. The van der Waals surface area contributed by atoms with E-state index in [1.165, 1.54) is 143 Å². The first-order valence-electron chi connectivity index (χ1n) is 20.6. The Balaban J connectivity index is 1.26. The summed E-state index contributed by atoms with van der Waals surface area (Å²) >= 11 is 0. The van der Waals surface area contributed by atoms with E-state index in [4.69, 9.17) is 0 Å². The van der Waals surface area contributed by atoms with Crippen LogP contribution < -0.4 is 10.9 Å². The third-order valence-electron chi connectivity index (χ3n) is 13.9. The predicted octanol–water partition coefficient (Wildman–Crippen LogP) is 13.0. The van der Waals surface area contributed by atoms with E-state index in [9.17, 15) is 0 Å². The van der Waals surface area contributed by atoms with Crippen LogP contribution in [0.5, 0.6) is 0 Å². The van der Waals surface area contributed by atoms with E-state index in [1.54, 1.807) is 0 Å². The Hall–Kier alpha value is -6.84. The lowest BCUT2D eigenvalue weighted by Crippen LogP contribution is -2.55. The lowest BCUT2D eigenvalue weighted by atomic mass is 9.45. The van der Waals surface area contributed by atoms with Crippen molar-refractivity contribution in [3.63, 3.8) is 0 Å². The number of rotatable bonds is 3. The zero-order chi connectivity index (χ0) is 38.7. The van der Waals surface area contributed by atoms with Gasteiger partial charge in [0.25, 0.3) is 0 Å². The normalized spacial score (nSPS) is 12.9. The molecule has 0 radical (unpaired) electrons. The van der Waals surface area contributed by atoms with E-state index in [0.717, 1.165) is 0 Å². The molecule has 11 aromatic rings. The maximum atomic E-state index is 2.73. The van der Waals surface area contributed by atoms with Crippen LogP contribution in [0.4, 0.5) is 0 Å². The molecule has 0 N–H and O–H groups in total. The fourth-order valence-corrected chi connectivity index (χ4v) is 11.6. The molecule has 2 aliphatic rings. The third-order valence-corrected chi connectivity index (χ3v) is 13.9. The lowest BCUT2D eigenvalue weighted by Gasteiger charge is -2.36. The van der Waals surface area contributed by atoms with E-state index in [2.05, 4.69) is 189 Å². The van der Waals surface area contributed by atoms with Gasteiger partial charge in [0.1, 0.15) is 0 Å². The molecule has 0 fully saturated rings. The molecule has 58 heavy (non-hydrogen) atoms. The van der Waals surface area contributed by atoms with Gasteiger partial charge in [-0.25, -0.2) is 0 Å². The maximum absolute atomic E-state index is 2.73. The number of aryl methyl sites for hydroxylation is 4. The molecule has 0 atom stereocenters. The molecule has 4 heterocycles. The zero-order valence-electron chi connectivity index (χ0n) is 33.3. The highest BCUT2D eigenvalue weighted by Crippen LogP contribution is 2.49.